The lowest BCUT2D eigenvalue weighted by Gasteiger charge is -2.43. The number of carboxylic acids is 4. The van der Waals surface area contributed by atoms with Crippen molar-refractivity contribution in [3.63, 3.8) is 0 Å². The van der Waals surface area contributed by atoms with E-state index in [1.807, 2.05) is 30.3 Å². The van der Waals surface area contributed by atoms with Crippen LogP contribution in [0.25, 0.3) is 0 Å². The second-order valence-electron chi connectivity index (χ2n) is 34.3. The van der Waals surface area contributed by atoms with E-state index in [1.165, 1.54) is 21.2 Å². The van der Waals surface area contributed by atoms with Gasteiger partial charge in [0.25, 0.3) is 17.7 Å². The van der Waals surface area contributed by atoms with Gasteiger partial charge in [-0.25, -0.2) is 80.1 Å². The van der Waals surface area contributed by atoms with Crippen LogP contribution in [0.2, 0.25) is 15.1 Å². The van der Waals surface area contributed by atoms with Crippen LogP contribution in [0.15, 0.2) is 174 Å². The number of amides is 19. The Balaban J connectivity index is 0.000000192. The molecule has 0 bridgehead atoms. The van der Waals surface area contributed by atoms with Crippen molar-refractivity contribution in [3.8, 4) is 0 Å². The zero-order valence-corrected chi connectivity index (χ0v) is 82.3. The number of nitrogens with two attached hydrogens (primary N) is 1. The van der Waals surface area contributed by atoms with Crippen LogP contribution in [-0.2, 0) is 101 Å². The third kappa shape index (κ3) is 31.8. The molecule has 0 aliphatic carbocycles. The number of Topliss-reactive ketones (excluding diaryl/α,β-unsaturated/α-hetero) is 1. The number of hydrogen-bond donors (Lipinski definition) is 12. The fourth-order valence-corrected chi connectivity index (χ4v) is 17.2. The van der Waals surface area contributed by atoms with Crippen LogP contribution >= 0.6 is 34.8 Å². The van der Waals surface area contributed by atoms with Crippen LogP contribution in [0.5, 0.6) is 0 Å². The number of carboxylic acid groups (broad SMARTS) is 4. The van der Waals surface area contributed by atoms with Gasteiger partial charge < -0.3 is 60.9 Å². The molecule has 0 saturated carbocycles. The number of carbonyl (C=O) groups excluding carboxylic acids is 17. The Morgan fingerprint density at radius 1 is 0.389 bits per heavy atom. The number of carbonyl (C=O) groups is 21. The number of hydrogen-bond acceptors (Lipinski definition) is 27. The van der Waals surface area contributed by atoms with E-state index in [4.69, 9.17) is 60.2 Å². The van der Waals surface area contributed by atoms with Crippen molar-refractivity contribution in [2.45, 2.75) is 171 Å². The van der Waals surface area contributed by atoms with Crippen LogP contribution in [0.3, 0.4) is 0 Å². The lowest BCUT2D eigenvalue weighted by Crippen LogP contribution is -2.65. The highest BCUT2D eigenvalue weighted by atomic mass is 35.5. The summed E-state index contributed by atoms with van der Waals surface area (Å²) in [4.78, 5) is 274. The van der Waals surface area contributed by atoms with Gasteiger partial charge in [-0.1, -0.05) is 154 Å². The summed E-state index contributed by atoms with van der Waals surface area (Å²) in [6, 6.07) is 33.7. The highest BCUT2D eigenvalue weighted by Crippen LogP contribution is 2.31. The third-order valence-corrected chi connectivity index (χ3v) is 24.9. The van der Waals surface area contributed by atoms with Gasteiger partial charge in [0.15, 0.2) is 5.78 Å². The van der Waals surface area contributed by atoms with Gasteiger partial charge in [-0.15, -0.1) is 0 Å². The summed E-state index contributed by atoms with van der Waals surface area (Å²) in [6.07, 6.45) is 3.30. The van der Waals surface area contributed by atoms with Gasteiger partial charge in [0.2, 0.25) is 47.3 Å². The summed E-state index contributed by atoms with van der Waals surface area (Å²) < 4.78 is 5.43. The van der Waals surface area contributed by atoms with Crippen LogP contribution in [-0.4, -0.2) is 332 Å². The Morgan fingerprint density at radius 2 is 0.725 bits per heavy atom. The SMILES string of the molecule is NN1CCC(=O)N2CCCC(C(=O)NC(C=O)CC(=O)O)N2C1=O.O=C(O)CC(/C=N/OCCc1ccccc1)NC(=O)C1CCCN2C(=O)CCN(NC(=O)c3ccccc3)C(=O)N12.O=C(O)CC(/C=N/OCc1c(Cl)cccc1Cl)NC(=O)C1CCCN2C(=O)CCN(NC(=O)c3ccccc3)C(=O)N12.O=C(O)CC(NC(=O)C1CCCN2C(=O)CCN(NC(=O)c3ccccc3)C(=O)N12)C(=O)COCc1ccccc1Cl. The average molecular weight is 2130 g/mol. The van der Waals surface area contributed by atoms with Gasteiger partial charge in [-0.05, 0) is 117 Å². The first-order chi connectivity index (χ1) is 71.5. The molecule has 8 aliphatic heterocycles. The molecule has 792 valence electrons. The smallest absolute Gasteiger partial charge is 0.358 e. The maximum absolute atomic E-state index is 13.6. The number of benzene rings is 6. The molecule has 13 N–H and O–H groups in total. The molecule has 0 radical (unpaired) electrons. The summed E-state index contributed by atoms with van der Waals surface area (Å²) in [5.41, 5.74) is 10.6. The van der Waals surface area contributed by atoms with Gasteiger partial charge >= 0.3 is 48.0 Å². The number of ketones is 1. The molecule has 6 aromatic carbocycles. The van der Waals surface area contributed by atoms with E-state index in [-0.39, 0.29) is 141 Å². The summed E-state index contributed by atoms with van der Waals surface area (Å²) in [6.45, 7) is 0.261. The number of hydrazine groups is 8. The summed E-state index contributed by atoms with van der Waals surface area (Å²) in [7, 11) is 0. The van der Waals surface area contributed by atoms with Crippen molar-refractivity contribution in [1.29, 1.82) is 0 Å². The fourth-order valence-electron chi connectivity index (χ4n) is 16.5. The molecular weight excluding hydrogens is 2020 g/mol. The Kier molecular flexibility index (Phi) is 41.8. The first-order valence-corrected chi connectivity index (χ1v) is 48.2. The molecule has 6 aromatic rings. The lowest BCUT2D eigenvalue weighted by molar-refractivity contribution is -0.156. The number of halogens is 3. The quantitative estimate of drug-likeness (QED) is 0.00648. The predicted molar refractivity (Wildman–Crippen MR) is 522 cm³/mol. The van der Waals surface area contributed by atoms with E-state index in [2.05, 4.69) is 47.9 Å². The first-order valence-electron chi connectivity index (χ1n) is 47.1. The molecule has 8 atom stereocenters. The number of urea groups is 4. The monoisotopic (exact) mass is 2120 g/mol. The summed E-state index contributed by atoms with van der Waals surface area (Å²) in [5.74, 6) is -6.14. The molecule has 50 nitrogen and oxygen atoms in total. The average Bonchev–Trinajstić information content (AvgIpc) is 1.73. The summed E-state index contributed by atoms with van der Waals surface area (Å²) >= 11 is 18.3. The number of fused-ring (bicyclic) bond motifs is 4. The Hall–Kier alpha value is -16.5. The van der Waals surface area contributed by atoms with Crippen LogP contribution in [0, 0.1) is 0 Å². The lowest BCUT2D eigenvalue weighted by atomic mass is 10.0. The van der Waals surface area contributed by atoms with E-state index in [0.717, 1.165) is 56.9 Å². The number of nitrogens with zero attached hydrogens (tertiary/aromatic N) is 14. The van der Waals surface area contributed by atoms with E-state index in [1.54, 1.807) is 133 Å². The van der Waals surface area contributed by atoms with Crippen LogP contribution in [0.4, 0.5) is 19.2 Å². The second-order valence-corrected chi connectivity index (χ2v) is 35.5. The van der Waals surface area contributed by atoms with Crippen molar-refractivity contribution in [3.05, 3.63) is 212 Å². The van der Waals surface area contributed by atoms with Gasteiger partial charge in [-0.2, -0.15) is 0 Å². The normalized spacial score (nSPS) is 18.6. The van der Waals surface area contributed by atoms with E-state index in [9.17, 15) is 116 Å². The van der Waals surface area contributed by atoms with Crippen LogP contribution in [0.1, 0.15) is 150 Å². The van der Waals surface area contributed by atoms with Crippen molar-refractivity contribution in [2.75, 3.05) is 65.6 Å². The van der Waals surface area contributed by atoms with Crippen molar-refractivity contribution >= 4 is 172 Å². The number of oxime groups is 2. The predicted octanol–water partition coefficient (Wildman–Crippen LogP) is 4.22. The van der Waals surface area contributed by atoms with Crippen molar-refractivity contribution < 1.29 is 136 Å². The van der Waals surface area contributed by atoms with Gasteiger partial charge in [-0.3, -0.25) is 98.0 Å². The number of aliphatic carboxylic acids is 4. The maximum Gasteiger partial charge on any atom is 0.358 e. The molecule has 149 heavy (non-hydrogen) atoms. The number of ether oxygens (including phenoxy) is 1. The zero-order chi connectivity index (χ0) is 107. The summed E-state index contributed by atoms with van der Waals surface area (Å²) in [5, 5.41) is 68.2. The first kappa shape index (κ1) is 113. The molecule has 0 aromatic heterocycles. The molecule has 8 unspecified atom stereocenters. The molecule has 0 spiro atoms. The minimum absolute atomic E-state index is 0.00827. The topological polar surface area (TPSA) is 641 Å². The highest BCUT2D eigenvalue weighted by molar-refractivity contribution is 6.36. The Morgan fingerprint density at radius 3 is 1.11 bits per heavy atom. The van der Waals surface area contributed by atoms with E-state index < -0.39 is 188 Å². The minimum atomic E-state index is -1.46. The maximum atomic E-state index is 13.6. The van der Waals surface area contributed by atoms with E-state index in [0.29, 0.717) is 75.7 Å². The van der Waals surface area contributed by atoms with Crippen LogP contribution < -0.4 is 43.4 Å². The highest BCUT2D eigenvalue weighted by Gasteiger charge is 2.50. The molecule has 8 saturated heterocycles. The van der Waals surface area contributed by atoms with Gasteiger partial charge in [0.1, 0.15) is 56.3 Å². The van der Waals surface area contributed by atoms with Gasteiger partial charge in [0.05, 0.1) is 82.5 Å². The largest absolute Gasteiger partial charge is 0.481 e. The Bertz CT molecular complexity index is 5930. The molecule has 8 heterocycles. The van der Waals surface area contributed by atoms with Crippen molar-refractivity contribution in [2.24, 2.45) is 16.2 Å². The molecule has 8 aliphatic rings. The van der Waals surface area contributed by atoms with E-state index >= 15 is 0 Å². The third-order valence-electron chi connectivity index (χ3n) is 23.8. The molecule has 53 heteroatoms. The Labute approximate surface area is 865 Å². The molecular formula is C96H109Cl3N22O28. The molecule has 19 amide bonds. The minimum Gasteiger partial charge on any atom is -0.481 e. The number of rotatable bonds is 37. The van der Waals surface area contributed by atoms with Crippen molar-refractivity contribution in [1.82, 2.24) is 97.7 Å². The molecule has 8 fully saturated rings. The second kappa shape index (κ2) is 55.2. The number of aldehydes is 1. The zero-order valence-electron chi connectivity index (χ0n) is 80.0. The standard InChI is InChI=1S/C28H30ClN5O8.C28H32N6O7.C27H28Cl2N6O7.C13H19N5O6/c29-20-10-5-4-9-19(20)16-42-17-23(35)21(15-25(37)38)30-27(40)22-11-6-13-33-24(36)12-14-32(28(41)34(22)33)31-26(39)18-7-2-1-3-8-18;35-24-13-16-32(31-26(38)21-10-5-2-6-11-21)28(40)34-23(12-7-15-33(24)34)27(39)30-22(18-25(36)37)19-29-41-17-14-20-8-3-1-4-9-20;28-20-8-4-9-21(29)19(20)16-42-30-15-18(14-24(37)38)31-26(40)22-10-5-12-34-23(36)11-13-33(27(41)35(22)34)32-25(39)17-6-2-1-3-7-17;14-16-5-3-10(20)17-4-1-2-9(18(17)13(16)24)12(23)15-8(7-19)6-11(21)22/h1-5,7-10,21-22H,6,11-17H2,(H,30,40)(H,31,39)(H,37,38);1-6,8-11,19,22-23H,7,12-18H2,(H,30,39)(H,31,38)(H,36,37);1-4,6-9,15,18,22H,5,10-14,16H2,(H,31,40)(H,32,39)(H,37,38);7-9H,1-6,14H2,(H,15,23)(H,21,22)/b;29-19+;30-15+;. The molecule has 14 rings (SSSR count). The number of nitrogens with one attached hydrogen (secondary N) is 7. The van der Waals surface area contributed by atoms with Gasteiger partial charge in [0, 0.05) is 102 Å². The fraction of sp³-hybridized carbons (Fsp3) is 0.385.